The highest BCUT2D eigenvalue weighted by Gasteiger charge is 2.18. The minimum absolute atomic E-state index is 0.214. The van der Waals surface area contributed by atoms with Crippen LogP contribution in [0.1, 0.15) is 20.3 Å². The number of fused-ring (bicyclic) bond motifs is 1. The van der Waals surface area contributed by atoms with Gasteiger partial charge in [0.2, 0.25) is 5.88 Å². The summed E-state index contributed by atoms with van der Waals surface area (Å²) >= 11 is 6.08. The van der Waals surface area contributed by atoms with E-state index in [2.05, 4.69) is 9.97 Å². The average molecular weight is 462 g/mol. The fraction of sp³-hybridized carbons (Fsp3) is 0.391. The molecule has 2 heterocycles. The smallest absolute Gasteiger partial charge is 0.230 e. The van der Waals surface area contributed by atoms with E-state index in [0.717, 1.165) is 6.42 Å². The van der Waals surface area contributed by atoms with Gasteiger partial charge in [0.25, 0.3) is 0 Å². The van der Waals surface area contributed by atoms with Gasteiger partial charge in [-0.15, -0.1) is 0 Å². The van der Waals surface area contributed by atoms with Gasteiger partial charge in [0.05, 0.1) is 55.2 Å². The highest BCUT2D eigenvalue weighted by molar-refractivity contribution is 6.33. The van der Waals surface area contributed by atoms with Crippen molar-refractivity contribution in [1.82, 2.24) is 9.97 Å². The van der Waals surface area contributed by atoms with Gasteiger partial charge >= 0.3 is 0 Å². The first-order chi connectivity index (χ1) is 15.6. The van der Waals surface area contributed by atoms with Crippen molar-refractivity contribution in [3.63, 3.8) is 0 Å². The van der Waals surface area contributed by atoms with Crippen LogP contribution in [0.25, 0.3) is 10.9 Å². The zero-order valence-corrected chi connectivity index (χ0v) is 19.2. The number of anilines is 1. The minimum atomic E-state index is 0.214. The van der Waals surface area contributed by atoms with Crippen LogP contribution in [0.2, 0.25) is 5.02 Å². The van der Waals surface area contributed by atoms with Crippen LogP contribution >= 0.6 is 11.6 Å². The van der Waals surface area contributed by atoms with Gasteiger partial charge in [-0.25, -0.2) is 9.97 Å². The average Bonchev–Trinajstić information content (AvgIpc) is 2.78. The Bertz CT molecular complexity index is 1030. The monoisotopic (exact) mass is 461 g/mol. The number of rotatable bonds is 9. The molecule has 0 unspecified atom stereocenters. The molecule has 0 radical (unpaired) electrons. The summed E-state index contributed by atoms with van der Waals surface area (Å²) in [4.78, 5) is 8.57. The number of nitrogen functional groups attached to an aromatic ring is 1. The van der Waals surface area contributed by atoms with E-state index in [0.29, 0.717) is 71.2 Å². The SMILES string of the molecule is CC.COc1cc2c(Oc3ccc(N)c(Cl)c3)ncnc2cc1OCCCOC1COC1. The van der Waals surface area contributed by atoms with E-state index in [1.54, 1.807) is 37.4 Å². The zero-order valence-electron chi connectivity index (χ0n) is 18.5. The second kappa shape index (κ2) is 11.7. The molecule has 1 aromatic heterocycles. The van der Waals surface area contributed by atoms with Gasteiger partial charge in [0, 0.05) is 18.6 Å². The molecule has 0 spiro atoms. The van der Waals surface area contributed by atoms with Crippen molar-refractivity contribution in [2.24, 2.45) is 0 Å². The summed E-state index contributed by atoms with van der Waals surface area (Å²) in [7, 11) is 1.58. The summed E-state index contributed by atoms with van der Waals surface area (Å²) in [6.45, 7) is 6.46. The molecule has 3 aromatic rings. The van der Waals surface area contributed by atoms with Gasteiger partial charge in [-0.2, -0.15) is 0 Å². The van der Waals surface area contributed by atoms with Crippen LogP contribution < -0.4 is 19.9 Å². The highest BCUT2D eigenvalue weighted by atomic mass is 35.5. The van der Waals surface area contributed by atoms with Crippen LogP contribution in [0.3, 0.4) is 0 Å². The molecule has 0 atom stereocenters. The molecule has 172 valence electrons. The lowest BCUT2D eigenvalue weighted by molar-refractivity contribution is -0.130. The lowest BCUT2D eigenvalue weighted by Gasteiger charge is -2.25. The largest absolute Gasteiger partial charge is 0.493 e. The summed E-state index contributed by atoms with van der Waals surface area (Å²) < 4.78 is 28.0. The summed E-state index contributed by atoms with van der Waals surface area (Å²) in [6, 6.07) is 8.63. The Morgan fingerprint density at radius 2 is 1.91 bits per heavy atom. The molecule has 0 amide bonds. The lowest BCUT2D eigenvalue weighted by Crippen LogP contribution is -2.36. The fourth-order valence-electron chi connectivity index (χ4n) is 2.88. The molecule has 1 aliphatic heterocycles. The Balaban J connectivity index is 0.00000141. The quantitative estimate of drug-likeness (QED) is 0.355. The Kier molecular flexibility index (Phi) is 8.72. The van der Waals surface area contributed by atoms with Crippen molar-refractivity contribution in [1.29, 1.82) is 0 Å². The first-order valence-corrected chi connectivity index (χ1v) is 10.9. The third-order valence-electron chi connectivity index (χ3n) is 4.58. The van der Waals surface area contributed by atoms with Crippen LogP contribution in [0, 0.1) is 0 Å². The van der Waals surface area contributed by atoms with Crippen molar-refractivity contribution in [2.45, 2.75) is 26.4 Å². The number of hydrogen-bond acceptors (Lipinski definition) is 8. The van der Waals surface area contributed by atoms with Gasteiger partial charge < -0.3 is 29.4 Å². The molecule has 2 N–H and O–H groups in total. The van der Waals surface area contributed by atoms with E-state index in [-0.39, 0.29) is 6.10 Å². The van der Waals surface area contributed by atoms with Gasteiger partial charge in [0.15, 0.2) is 11.5 Å². The molecule has 0 bridgehead atoms. The normalized spacial score (nSPS) is 13.1. The molecule has 9 heteroatoms. The van der Waals surface area contributed by atoms with Crippen molar-refractivity contribution >= 4 is 28.2 Å². The summed E-state index contributed by atoms with van der Waals surface area (Å²) in [5.41, 5.74) is 6.90. The molecular formula is C23H28ClN3O5. The van der Waals surface area contributed by atoms with E-state index >= 15 is 0 Å². The van der Waals surface area contributed by atoms with Crippen LogP contribution in [-0.2, 0) is 9.47 Å². The molecule has 2 aromatic carbocycles. The van der Waals surface area contributed by atoms with Gasteiger partial charge in [-0.05, 0) is 18.2 Å². The standard InChI is InChI=1S/C21H22ClN3O5.C2H6/c1-26-19-8-15-18(9-20(19)29-6-2-5-28-14-10-27-11-14)24-12-25-21(15)30-13-3-4-17(23)16(22)7-13;1-2/h3-4,7-9,12,14H,2,5-6,10-11,23H2,1H3;1-2H3. The van der Waals surface area contributed by atoms with Crippen LogP contribution in [-0.4, -0.2) is 49.6 Å². The van der Waals surface area contributed by atoms with E-state index in [1.807, 2.05) is 13.8 Å². The number of halogens is 1. The fourth-order valence-corrected chi connectivity index (χ4v) is 3.05. The molecule has 32 heavy (non-hydrogen) atoms. The molecule has 0 saturated carbocycles. The van der Waals surface area contributed by atoms with E-state index in [9.17, 15) is 0 Å². The maximum absolute atomic E-state index is 6.08. The van der Waals surface area contributed by atoms with Crippen LogP contribution in [0.15, 0.2) is 36.7 Å². The maximum Gasteiger partial charge on any atom is 0.230 e. The molecule has 4 rings (SSSR count). The van der Waals surface area contributed by atoms with E-state index < -0.39 is 0 Å². The Morgan fingerprint density at radius 3 is 2.59 bits per heavy atom. The van der Waals surface area contributed by atoms with Crippen molar-refractivity contribution in [2.75, 3.05) is 39.3 Å². The lowest BCUT2D eigenvalue weighted by atomic mass is 10.2. The first-order valence-electron chi connectivity index (χ1n) is 10.5. The Hall–Kier alpha value is -2.81. The number of ether oxygens (including phenoxy) is 5. The maximum atomic E-state index is 6.08. The third kappa shape index (κ3) is 5.91. The van der Waals surface area contributed by atoms with Gasteiger partial charge in [0.1, 0.15) is 18.2 Å². The molecule has 1 aliphatic rings. The first kappa shape index (κ1) is 23.8. The molecule has 1 saturated heterocycles. The molecule has 0 aliphatic carbocycles. The second-order valence-corrected chi connectivity index (χ2v) is 7.12. The summed E-state index contributed by atoms with van der Waals surface area (Å²) in [6.07, 6.45) is 2.40. The summed E-state index contributed by atoms with van der Waals surface area (Å²) in [5, 5.41) is 1.09. The Labute approximate surface area is 192 Å². The second-order valence-electron chi connectivity index (χ2n) is 6.72. The molecule has 8 nitrogen and oxygen atoms in total. The topological polar surface area (TPSA) is 98.0 Å². The predicted octanol–water partition coefficient (Wildman–Crippen LogP) is 4.88. The van der Waals surface area contributed by atoms with Gasteiger partial charge in [-0.3, -0.25) is 0 Å². The number of methoxy groups -OCH3 is 1. The van der Waals surface area contributed by atoms with Crippen LogP contribution in [0.4, 0.5) is 5.69 Å². The van der Waals surface area contributed by atoms with Gasteiger partial charge in [-0.1, -0.05) is 25.4 Å². The van der Waals surface area contributed by atoms with E-state index in [1.165, 1.54) is 6.33 Å². The highest BCUT2D eigenvalue weighted by Crippen LogP contribution is 2.36. The minimum Gasteiger partial charge on any atom is -0.493 e. The zero-order chi connectivity index (χ0) is 22.9. The van der Waals surface area contributed by atoms with Crippen molar-refractivity contribution in [3.8, 4) is 23.1 Å². The van der Waals surface area contributed by atoms with E-state index in [4.69, 9.17) is 41.0 Å². The third-order valence-corrected chi connectivity index (χ3v) is 4.91. The number of benzene rings is 2. The Morgan fingerprint density at radius 1 is 1.09 bits per heavy atom. The van der Waals surface area contributed by atoms with Crippen molar-refractivity contribution in [3.05, 3.63) is 41.7 Å². The molecule has 1 fully saturated rings. The number of aromatic nitrogens is 2. The predicted molar refractivity (Wildman–Crippen MR) is 124 cm³/mol. The number of nitrogens with zero attached hydrogens (tertiary/aromatic N) is 2. The van der Waals surface area contributed by atoms with Crippen molar-refractivity contribution < 1.29 is 23.7 Å². The van der Waals surface area contributed by atoms with Crippen LogP contribution in [0.5, 0.6) is 23.1 Å². The molecular weight excluding hydrogens is 434 g/mol. The summed E-state index contributed by atoms with van der Waals surface area (Å²) in [5.74, 6) is 2.05. The number of nitrogens with two attached hydrogens (primary N) is 1. The number of hydrogen-bond donors (Lipinski definition) is 1.